The molecule has 2 N–H and O–H groups in total. The Bertz CT molecular complexity index is 483. The van der Waals surface area contributed by atoms with Crippen molar-refractivity contribution >= 4 is 11.0 Å². The third-order valence-electron chi connectivity index (χ3n) is 2.44. The second-order valence-electron chi connectivity index (χ2n) is 3.47. The van der Waals surface area contributed by atoms with Gasteiger partial charge in [0, 0.05) is 13.1 Å². The van der Waals surface area contributed by atoms with E-state index < -0.39 is 0 Å². The van der Waals surface area contributed by atoms with Gasteiger partial charge in [-0.2, -0.15) is 0 Å². The second kappa shape index (κ2) is 4.28. The summed E-state index contributed by atoms with van der Waals surface area (Å²) >= 11 is 0. The summed E-state index contributed by atoms with van der Waals surface area (Å²) in [4.78, 5) is 4.49. The first-order chi connectivity index (χ1) is 7.33. The van der Waals surface area contributed by atoms with Gasteiger partial charge in [-0.3, -0.25) is 0 Å². The van der Waals surface area contributed by atoms with Crippen molar-refractivity contribution in [2.45, 2.75) is 13.5 Å². The highest BCUT2D eigenvalue weighted by molar-refractivity contribution is 5.75. The molecule has 0 aliphatic rings. The van der Waals surface area contributed by atoms with E-state index in [0.717, 1.165) is 17.9 Å². The lowest BCUT2D eigenvalue weighted by atomic mass is 10.3. The van der Waals surface area contributed by atoms with E-state index in [-0.39, 0.29) is 0 Å². The fourth-order valence-electron chi connectivity index (χ4n) is 1.70. The van der Waals surface area contributed by atoms with E-state index in [2.05, 4.69) is 21.7 Å². The Kier molecular flexibility index (Phi) is 2.83. The van der Waals surface area contributed by atoms with E-state index in [9.17, 15) is 0 Å². The number of allylic oxidation sites excluding steroid dienone is 1. The first-order valence-electron chi connectivity index (χ1n) is 5.10. The van der Waals surface area contributed by atoms with Crippen LogP contribution in [0.1, 0.15) is 5.82 Å². The van der Waals surface area contributed by atoms with Crippen LogP contribution in [0.2, 0.25) is 0 Å². The molecule has 78 valence electrons. The SMILES string of the molecule is Cc1nc2ccccc2n1CC=CCN. The normalized spacial score (nSPS) is 11.6. The molecular weight excluding hydrogens is 186 g/mol. The number of hydrogen-bond acceptors (Lipinski definition) is 2. The molecule has 1 heterocycles. The van der Waals surface area contributed by atoms with Crippen molar-refractivity contribution < 1.29 is 0 Å². The third-order valence-corrected chi connectivity index (χ3v) is 2.44. The summed E-state index contributed by atoms with van der Waals surface area (Å²) in [5.41, 5.74) is 7.64. The zero-order valence-corrected chi connectivity index (χ0v) is 8.85. The predicted octanol–water partition coefficient (Wildman–Crippen LogP) is 1.86. The molecule has 3 heteroatoms. The number of benzene rings is 1. The summed E-state index contributed by atoms with van der Waals surface area (Å²) in [6, 6.07) is 8.17. The van der Waals surface area contributed by atoms with Crippen molar-refractivity contribution in [3.05, 3.63) is 42.2 Å². The molecule has 0 bridgehead atoms. The van der Waals surface area contributed by atoms with Gasteiger partial charge < -0.3 is 10.3 Å². The van der Waals surface area contributed by atoms with E-state index in [1.807, 2.05) is 31.2 Å². The van der Waals surface area contributed by atoms with Crippen LogP contribution in [0.4, 0.5) is 0 Å². The van der Waals surface area contributed by atoms with E-state index >= 15 is 0 Å². The maximum atomic E-state index is 5.41. The highest BCUT2D eigenvalue weighted by Crippen LogP contribution is 2.14. The minimum atomic E-state index is 0.589. The van der Waals surface area contributed by atoms with Crippen molar-refractivity contribution in [3.63, 3.8) is 0 Å². The number of aromatic nitrogens is 2. The molecule has 0 aliphatic carbocycles. The van der Waals surface area contributed by atoms with Crippen LogP contribution in [-0.4, -0.2) is 16.1 Å². The van der Waals surface area contributed by atoms with Gasteiger partial charge >= 0.3 is 0 Å². The Labute approximate surface area is 89.2 Å². The van der Waals surface area contributed by atoms with E-state index in [0.29, 0.717) is 6.54 Å². The highest BCUT2D eigenvalue weighted by atomic mass is 15.1. The average molecular weight is 201 g/mol. The lowest BCUT2D eigenvalue weighted by molar-refractivity contribution is 0.804. The molecule has 1 aromatic heterocycles. The Morgan fingerprint density at radius 1 is 1.33 bits per heavy atom. The Hall–Kier alpha value is -1.61. The number of fused-ring (bicyclic) bond motifs is 1. The molecule has 0 fully saturated rings. The number of nitrogens with two attached hydrogens (primary N) is 1. The molecule has 2 aromatic rings. The van der Waals surface area contributed by atoms with Gasteiger partial charge in [0.2, 0.25) is 0 Å². The van der Waals surface area contributed by atoms with Crippen molar-refractivity contribution in [3.8, 4) is 0 Å². The van der Waals surface area contributed by atoms with Crippen LogP contribution in [0, 0.1) is 6.92 Å². The van der Waals surface area contributed by atoms with Gasteiger partial charge in [0.25, 0.3) is 0 Å². The van der Waals surface area contributed by atoms with Crippen LogP contribution in [0.5, 0.6) is 0 Å². The van der Waals surface area contributed by atoms with Crippen LogP contribution >= 0.6 is 0 Å². The topological polar surface area (TPSA) is 43.8 Å². The molecule has 1 aromatic carbocycles. The lowest BCUT2D eigenvalue weighted by Gasteiger charge is -2.01. The quantitative estimate of drug-likeness (QED) is 0.770. The summed E-state index contributed by atoms with van der Waals surface area (Å²) in [5.74, 6) is 1.04. The van der Waals surface area contributed by atoms with Gasteiger partial charge in [0.1, 0.15) is 5.82 Å². The maximum Gasteiger partial charge on any atom is 0.107 e. The van der Waals surface area contributed by atoms with Crippen molar-refractivity contribution in [2.24, 2.45) is 5.73 Å². The molecular formula is C12H15N3. The summed E-state index contributed by atoms with van der Waals surface area (Å²) in [6.07, 6.45) is 4.04. The molecule has 0 radical (unpaired) electrons. The molecule has 15 heavy (non-hydrogen) atoms. The monoisotopic (exact) mass is 201 g/mol. The molecule has 0 aliphatic heterocycles. The average Bonchev–Trinajstić information content (AvgIpc) is 2.56. The number of para-hydroxylation sites is 2. The third kappa shape index (κ3) is 1.92. The number of nitrogens with zero attached hydrogens (tertiary/aromatic N) is 2. The van der Waals surface area contributed by atoms with Gasteiger partial charge in [0.05, 0.1) is 11.0 Å². The Balaban J connectivity index is 2.40. The first kappa shape index (κ1) is 9.93. The lowest BCUT2D eigenvalue weighted by Crippen LogP contribution is -1.99. The zero-order chi connectivity index (χ0) is 10.7. The summed E-state index contributed by atoms with van der Waals surface area (Å²) in [6.45, 7) is 3.45. The molecule has 3 nitrogen and oxygen atoms in total. The van der Waals surface area contributed by atoms with Crippen molar-refractivity contribution in [1.29, 1.82) is 0 Å². The van der Waals surface area contributed by atoms with E-state index in [4.69, 9.17) is 5.73 Å². The highest BCUT2D eigenvalue weighted by Gasteiger charge is 2.03. The second-order valence-corrected chi connectivity index (χ2v) is 3.47. The van der Waals surface area contributed by atoms with Crippen LogP contribution < -0.4 is 5.73 Å². The fraction of sp³-hybridized carbons (Fsp3) is 0.250. The smallest absolute Gasteiger partial charge is 0.107 e. The van der Waals surface area contributed by atoms with Crippen molar-refractivity contribution in [1.82, 2.24) is 9.55 Å². The summed E-state index contributed by atoms with van der Waals surface area (Å²) in [5, 5.41) is 0. The molecule has 0 atom stereocenters. The van der Waals surface area contributed by atoms with Gasteiger partial charge in [-0.15, -0.1) is 0 Å². The molecule has 0 saturated heterocycles. The number of rotatable bonds is 3. The number of aryl methyl sites for hydroxylation is 1. The first-order valence-corrected chi connectivity index (χ1v) is 5.10. The van der Waals surface area contributed by atoms with Gasteiger partial charge in [-0.1, -0.05) is 24.3 Å². The number of hydrogen-bond donors (Lipinski definition) is 1. The van der Waals surface area contributed by atoms with Crippen LogP contribution in [-0.2, 0) is 6.54 Å². The molecule has 0 saturated carbocycles. The zero-order valence-electron chi connectivity index (χ0n) is 8.85. The Morgan fingerprint density at radius 2 is 2.13 bits per heavy atom. The maximum absolute atomic E-state index is 5.41. The standard InChI is InChI=1S/C12H15N3/c1-10-14-11-6-2-3-7-12(11)15(10)9-5-4-8-13/h2-7H,8-9,13H2,1H3. The summed E-state index contributed by atoms with van der Waals surface area (Å²) in [7, 11) is 0. The minimum absolute atomic E-state index is 0.589. The number of imidazole rings is 1. The largest absolute Gasteiger partial charge is 0.327 e. The molecule has 0 unspecified atom stereocenters. The van der Waals surface area contributed by atoms with Crippen LogP contribution in [0.15, 0.2) is 36.4 Å². The molecule has 0 amide bonds. The summed E-state index contributed by atoms with van der Waals surface area (Å²) < 4.78 is 2.18. The van der Waals surface area contributed by atoms with Gasteiger partial charge in [-0.05, 0) is 19.1 Å². The minimum Gasteiger partial charge on any atom is -0.327 e. The van der Waals surface area contributed by atoms with Gasteiger partial charge in [-0.25, -0.2) is 4.98 Å². The van der Waals surface area contributed by atoms with E-state index in [1.54, 1.807) is 0 Å². The Morgan fingerprint density at radius 3 is 2.93 bits per heavy atom. The van der Waals surface area contributed by atoms with E-state index in [1.165, 1.54) is 5.52 Å². The van der Waals surface area contributed by atoms with Crippen LogP contribution in [0.25, 0.3) is 11.0 Å². The molecule has 2 rings (SSSR count). The fourth-order valence-corrected chi connectivity index (χ4v) is 1.70. The van der Waals surface area contributed by atoms with Crippen molar-refractivity contribution in [2.75, 3.05) is 6.54 Å². The predicted molar refractivity (Wildman–Crippen MR) is 62.7 cm³/mol. The molecule has 0 spiro atoms. The van der Waals surface area contributed by atoms with Gasteiger partial charge in [0.15, 0.2) is 0 Å². The van der Waals surface area contributed by atoms with Crippen LogP contribution in [0.3, 0.4) is 0 Å².